The van der Waals surface area contributed by atoms with Gasteiger partial charge in [0.15, 0.2) is 0 Å². The Kier molecular flexibility index (Phi) is 4.17. The van der Waals surface area contributed by atoms with Crippen LogP contribution in [0.5, 0.6) is 0 Å². The third kappa shape index (κ3) is 3.31. The van der Waals surface area contributed by atoms with Crippen LogP contribution < -0.4 is 0 Å². The van der Waals surface area contributed by atoms with Gasteiger partial charge >= 0.3 is 5.97 Å². The van der Waals surface area contributed by atoms with E-state index in [4.69, 9.17) is 4.74 Å². The van der Waals surface area contributed by atoms with Gasteiger partial charge in [-0.3, -0.25) is 9.69 Å². The summed E-state index contributed by atoms with van der Waals surface area (Å²) in [5.41, 5.74) is 1.09. The molecule has 1 saturated heterocycles. The average Bonchev–Trinajstić information content (AvgIpc) is 2.83. The number of carboxylic acid groups (broad SMARTS) is 1. The van der Waals surface area contributed by atoms with Crippen molar-refractivity contribution < 1.29 is 14.6 Å². The van der Waals surface area contributed by atoms with Gasteiger partial charge < -0.3 is 14.8 Å². The van der Waals surface area contributed by atoms with E-state index >= 15 is 0 Å². The highest BCUT2D eigenvalue weighted by Crippen LogP contribution is 2.11. The zero-order chi connectivity index (χ0) is 12.1. The Labute approximate surface area is 100 Å². The van der Waals surface area contributed by atoms with Gasteiger partial charge in [0, 0.05) is 25.0 Å². The van der Waals surface area contributed by atoms with Crippen molar-refractivity contribution in [3.63, 3.8) is 0 Å². The van der Waals surface area contributed by atoms with Crippen LogP contribution in [0, 0.1) is 0 Å². The SMILES string of the molecule is O=C(O)C(CCc1ccc[nH]1)N1CCOCC1. The summed E-state index contributed by atoms with van der Waals surface area (Å²) in [4.78, 5) is 16.4. The van der Waals surface area contributed by atoms with E-state index in [1.165, 1.54) is 0 Å². The summed E-state index contributed by atoms with van der Waals surface area (Å²) in [6, 6.07) is 3.51. The zero-order valence-corrected chi connectivity index (χ0v) is 9.76. The molecule has 0 spiro atoms. The standard InChI is InChI=1S/C12H18N2O3/c15-12(16)11(14-6-8-17-9-7-14)4-3-10-2-1-5-13-10/h1-2,5,11,13H,3-4,6-9H2,(H,15,16). The molecular weight excluding hydrogens is 220 g/mol. The van der Waals surface area contributed by atoms with Gasteiger partial charge in [-0.15, -0.1) is 0 Å². The number of rotatable bonds is 5. The number of carboxylic acids is 1. The molecule has 1 aliphatic rings. The molecule has 5 heteroatoms. The molecule has 1 unspecified atom stereocenters. The first kappa shape index (κ1) is 12.1. The van der Waals surface area contributed by atoms with Crippen molar-refractivity contribution in [2.24, 2.45) is 0 Å². The lowest BCUT2D eigenvalue weighted by Gasteiger charge is -2.31. The summed E-state index contributed by atoms with van der Waals surface area (Å²) in [6.45, 7) is 2.68. The highest BCUT2D eigenvalue weighted by Gasteiger charge is 2.26. The van der Waals surface area contributed by atoms with E-state index in [9.17, 15) is 9.90 Å². The van der Waals surface area contributed by atoms with Gasteiger partial charge in [-0.2, -0.15) is 0 Å². The van der Waals surface area contributed by atoms with Crippen LogP contribution in [0.2, 0.25) is 0 Å². The lowest BCUT2D eigenvalue weighted by molar-refractivity contribution is -0.145. The van der Waals surface area contributed by atoms with Crippen LogP contribution in [0.15, 0.2) is 18.3 Å². The fraction of sp³-hybridized carbons (Fsp3) is 0.583. The van der Waals surface area contributed by atoms with Crippen LogP contribution >= 0.6 is 0 Å². The Morgan fingerprint density at radius 1 is 1.53 bits per heavy atom. The molecule has 17 heavy (non-hydrogen) atoms. The molecule has 0 amide bonds. The van der Waals surface area contributed by atoms with Gasteiger partial charge in [-0.05, 0) is 25.0 Å². The minimum absolute atomic E-state index is 0.401. The number of aromatic amines is 1. The molecule has 0 aliphatic carbocycles. The molecule has 5 nitrogen and oxygen atoms in total. The Morgan fingerprint density at radius 3 is 2.88 bits per heavy atom. The van der Waals surface area contributed by atoms with E-state index in [1.807, 2.05) is 23.2 Å². The first-order valence-electron chi connectivity index (χ1n) is 5.94. The fourth-order valence-corrected chi connectivity index (χ4v) is 2.17. The monoisotopic (exact) mass is 238 g/mol. The second-order valence-electron chi connectivity index (χ2n) is 4.24. The van der Waals surface area contributed by atoms with Crippen molar-refractivity contribution in [3.05, 3.63) is 24.0 Å². The third-order valence-electron chi connectivity index (χ3n) is 3.12. The molecule has 1 fully saturated rings. The first-order chi connectivity index (χ1) is 8.27. The summed E-state index contributed by atoms with van der Waals surface area (Å²) in [5.74, 6) is -0.738. The topological polar surface area (TPSA) is 65.6 Å². The number of carbonyl (C=O) groups is 1. The lowest BCUT2D eigenvalue weighted by atomic mass is 10.1. The summed E-state index contributed by atoms with van der Waals surface area (Å²) < 4.78 is 5.24. The zero-order valence-electron chi connectivity index (χ0n) is 9.76. The van der Waals surface area contributed by atoms with E-state index in [0.717, 1.165) is 12.1 Å². The molecule has 1 aromatic heterocycles. The highest BCUT2D eigenvalue weighted by atomic mass is 16.5. The number of aliphatic carboxylic acids is 1. The van der Waals surface area contributed by atoms with Crippen LogP contribution in [0.25, 0.3) is 0 Å². The second kappa shape index (κ2) is 5.84. The van der Waals surface area contributed by atoms with Crippen molar-refractivity contribution >= 4 is 5.97 Å². The molecule has 1 aliphatic heterocycles. The number of nitrogens with one attached hydrogen (secondary N) is 1. The molecule has 94 valence electrons. The Hall–Kier alpha value is -1.33. The normalized spacial score (nSPS) is 19.1. The number of morpholine rings is 1. The molecule has 1 aromatic rings. The van der Waals surface area contributed by atoms with Crippen LogP contribution in [-0.4, -0.2) is 53.3 Å². The predicted octanol–water partition coefficient (Wildman–Crippen LogP) is 0.733. The molecule has 2 rings (SSSR count). The fourth-order valence-electron chi connectivity index (χ4n) is 2.17. The van der Waals surface area contributed by atoms with E-state index in [0.29, 0.717) is 32.7 Å². The summed E-state index contributed by atoms with van der Waals surface area (Å²) in [6.07, 6.45) is 3.26. The average molecular weight is 238 g/mol. The van der Waals surface area contributed by atoms with Crippen LogP contribution in [0.1, 0.15) is 12.1 Å². The van der Waals surface area contributed by atoms with Crippen molar-refractivity contribution in [3.8, 4) is 0 Å². The summed E-state index contributed by atoms with van der Waals surface area (Å²) in [5, 5.41) is 9.26. The van der Waals surface area contributed by atoms with Gasteiger partial charge in [-0.25, -0.2) is 0 Å². The van der Waals surface area contributed by atoms with E-state index in [1.54, 1.807) is 0 Å². The molecule has 0 bridgehead atoms. The maximum absolute atomic E-state index is 11.3. The van der Waals surface area contributed by atoms with E-state index < -0.39 is 12.0 Å². The van der Waals surface area contributed by atoms with Crippen molar-refractivity contribution in [2.75, 3.05) is 26.3 Å². The van der Waals surface area contributed by atoms with Crippen LogP contribution in [0.4, 0.5) is 0 Å². The summed E-state index contributed by atoms with van der Waals surface area (Å²) >= 11 is 0. The number of aromatic nitrogens is 1. The Bertz CT molecular complexity index is 345. The van der Waals surface area contributed by atoms with Crippen LogP contribution in [-0.2, 0) is 16.0 Å². The van der Waals surface area contributed by atoms with Gasteiger partial charge in [0.25, 0.3) is 0 Å². The number of hydrogen-bond acceptors (Lipinski definition) is 3. The molecule has 0 aromatic carbocycles. The Morgan fingerprint density at radius 2 is 2.29 bits per heavy atom. The molecule has 0 radical (unpaired) electrons. The number of nitrogens with zero attached hydrogens (tertiary/aromatic N) is 1. The van der Waals surface area contributed by atoms with Crippen molar-refractivity contribution in [1.82, 2.24) is 9.88 Å². The maximum atomic E-state index is 11.3. The number of aryl methyl sites for hydroxylation is 1. The first-order valence-corrected chi connectivity index (χ1v) is 5.94. The van der Waals surface area contributed by atoms with E-state index in [-0.39, 0.29) is 0 Å². The maximum Gasteiger partial charge on any atom is 0.320 e. The largest absolute Gasteiger partial charge is 0.480 e. The lowest BCUT2D eigenvalue weighted by Crippen LogP contribution is -2.47. The minimum atomic E-state index is -0.738. The third-order valence-corrected chi connectivity index (χ3v) is 3.12. The molecule has 2 N–H and O–H groups in total. The van der Waals surface area contributed by atoms with Gasteiger partial charge in [0.2, 0.25) is 0 Å². The summed E-state index contributed by atoms with van der Waals surface area (Å²) in [7, 11) is 0. The molecule has 0 saturated carbocycles. The van der Waals surface area contributed by atoms with Crippen LogP contribution in [0.3, 0.4) is 0 Å². The number of ether oxygens (including phenoxy) is 1. The van der Waals surface area contributed by atoms with Crippen molar-refractivity contribution in [1.29, 1.82) is 0 Å². The number of hydrogen-bond donors (Lipinski definition) is 2. The second-order valence-corrected chi connectivity index (χ2v) is 4.24. The van der Waals surface area contributed by atoms with Gasteiger partial charge in [-0.1, -0.05) is 0 Å². The minimum Gasteiger partial charge on any atom is -0.480 e. The quantitative estimate of drug-likeness (QED) is 0.793. The molecule has 1 atom stereocenters. The molecular formula is C12H18N2O3. The smallest absolute Gasteiger partial charge is 0.320 e. The van der Waals surface area contributed by atoms with Gasteiger partial charge in [0.1, 0.15) is 6.04 Å². The van der Waals surface area contributed by atoms with Gasteiger partial charge in [0.05, 0.1) is 13.2 Å². The van der Waals surface area contributed by atoms with Crippen molar-refractivity contribution in [2.45, 2.75) is 18.9 Å². The number of H-pyrrole nitrogens is 1. The predicted molar refractivity (Wildman–Crippen MR) is 62.9 cm³/mol. The highest BCUT2D eigenvalue weighted by molar-refractivity contribution is 5.73. The molecule has 2 heterocycles. The van der Waals surface area contributed by atoms with E-state index in [2.05, 4.69) is 4.98 Å². The Balaban J connectivity index is 1.90.